The number of rotatable bonds is 4. The van der Waals surface area contributed by atoms with Gasteiger partial charge in [-0.1, -0.05) is 24.3 Å². The molecule has 7 heteroatoms. The fourth-order valence-electron chi connectivity index (χ4n) is 1.13. The second-order valence-corrected chi connectivity index (χ2v) is 3.23. The summed E-state index contributed by atoms with van der Waals surface area (Å²) in [6, 6.07) is 5.89. The molecule has 18 heavy (non-hydrogen) atoms. The summed E-state index contributed by atoms with van der Waals surface area (Å²) in [5, 5.41) is 17.7. The lowest BCUT2D eigenvalue weighted by atomic mass is 9.80. The molecule has 0 aliphatic carbocycles. The van der Waals surface area contributed by atoms with Crippen LogP contribution < -0.4 is 5.46 Å². The lowest BCUT2D eigenvalue weighted by molar-refractivity contribution is -0.176. The summed E-state index contributed by atoms with van der Waals surface area (Å²) in [7, 11) is -1.64. The van der Waals surface area contributed by atoms with Gasteiger partial charge in [0.15, 0.2) is 0 Å². The van der Waals surface area contributed by atoms with Crippen molar-refractivity contribution < 1.29 is 28.0 Å². The molecule has 3 nitrogen and oxygen atoms in total. The number of hydrogen-bond donors (Lipinski definition) is 2. The van der Waals surface area contributed by atoms with Gasteiger partial charge in [0.05, 0.1) is 6.61 Å². The predicted molar refractivity (Wildman–Crippen MR) is 63.2 cm³/mol. The minimum Gasteiger partial charge on any atom is -0.423 e. The Morgan fingerprint density at radius 2 is 1.83 bits per heavy atom. The van der Waals surface area contributed by atoms with Crippen molar-refractivity contribution in [3.63, 3.8) is 0 Å². The van der Waals surface area contributed by atoms with Gasteiger partial charge in [-0.15, -0.1) is 13.2 Å². The van der Waals surface area contributed by atoms with Gasteiger partial charge in [-0.3, -0.25) is 0 Å². The van der Waals surface area contributed by atoms with Gasteiger partial charge in [-0.05, 0) is 11.0 Å². The molecule has 0 saturated carbocycles. The summed E-state index contributed by atoms with van der Waals surface area (Å²) >= 11 is 0. The van der Waals surface area contributed by atoms with Crippen LogP contribution in [0, 0.1) is 0 Å². The van der Waals surface area contributed by atoms with Gasteiger partial charge in [0.1, 0.15) is 6.61 Å². The van der Waals surface area contributed by atoms with Crippen LogP contribution in [-0.2, 0) is 11.3 Å². The van der Waals surface area contributed by atoms with E-state index in [1.54, 1.807) is 6.07 Å². The second-order valence-electron chi connectivity index (χ2n) is 3.23. The lowest BCUT2D eigenvalue weighted by Gasteiger charge is -2.08. The molecule has 0 unspecified atom stereocenters. The van der Waals surface area contributed by atoms with E-state index in [1.807, 2.05) is 0 Å². The highest BCUT2D eigenvalue weighted by molar-refractivity contribution is 6.58. The molecule has 0 radical (unpaired) electrons. The quantitative estimate of drug-likeness (QED) is 0.634. The van der Waals surface area contributed by atoms with Crippen LogP contribution in [0.25, 0.3) is 0 Å². The standard InChI is InChI=1S/C9H10BF3O3.C2H4/c11-9(12,13)6-16-5-7-2-1-3-8(4-7)10(14)15;1-2/h1-4,14-15H,5-6H2;1-2H2. The number of benzene rings is 1. The summed E-state index contributed by atoms with van der Waals surface area (Å²) < 4.78 is 39.7. The van der Waals surface area contributed by atoms with E-state index in [4.69, 9.17) is 10.0 Å². The van der Waals surface area contributed by atoms with Crippen molar-refractivity contribution >= 4 is 12.6 Å². The predicted octanol–water partition coefficient (Wildman–Crippen LogP) is 1.25. The molecule has 0 bridgehead atoms. The first-order valence-electron chi connectivity index (χ1n) is 4.98. The first-order chi connectivity index (χ1) is 8.38. The SMILES string of the molecule is C=C.OB(O)c1cccc(COCC(F)(F)F)c1. The Morgan fingerprint density at radius 3 is 2.33 bits per heavy atom. The van der Waals surface area contributed by atoms with Crippen molar-refractivity contribution in [1.29, 1.82) is 0 Å². The Hall–Kier alpha value is -1.31. The average Bonchev–Trinajstić information content (AvgIpc) is 2.30. The van der Waals surface area contributed by atoms with Gasteiger partial charge >= 0.3 is 13.3 Å². The molecule has 1 aromatic rings. The Kier molecular flexibility index (Phi) is 7.34. The number of halogens is 3. The molecular weight excluding hydrogens is 248 g/mol. The number of hydrogen-bond acceptors (Lipinski definition) is 3. The third kappa shape index (κ3) is 7.11. The maximum absolute atomic E-state index is 11.8. The fraction of sp³-hybridized carbons (Fsp3) is 0.273. The van der Waals surface area contributed by atoms with E-state index in [2.05, 4.69) is 17.9 Å². The normalized spacial score (nSPS) is 10.5. The van der Waals surface area contributed by atoms with Crippen LogP contribution in [0.15, 0.2) is 37.4 Å². The van der Waals surface area contributed by atoms with Crippen molar-refractivity contribution in [2.45, 2.75) is 12.8 Å². The largest absolute Gasteiger partial charge is 0.488 e. The molecule has 0 amide bonds. The third-order valence-electron chi connectivity index (χ3n) is 1.78. The first-order valence-corrected chi connectivity index (χ1v) is 4.98. The summed E-state index contributed by atoms with van der Waals surface area (Å²) in [5.74, 6) is 0. The van der Waals surface area contributed by atoms with Crippen molar-refractivity contribution in [1.82, 2.24) is 0 Å². The van der Waals surface area contributed by atoms with Crippen LogP contribution in [0.2, 0.25) is 0 Å². The van der Waals surface area contributed by atoms with E-state index in [0.717, 1.165) is 0 Å². The molecular formula is C11H14BF3O3. The molecule has 0 saturated heterocycles. The Morgan fingerprint density at radius 1 is 1.22 bits per heavy atom. The molecule has 0 aromatic heterocycles. The van der Waals surface area contributed by atoms with Crippen molar-refractivity contribution in [2.75, 3.05) is 6.61 Å². The molecule has 1 rings (SSSR count). The highest BCUT2D eigenvalue weighted by Crippen LogP contribution is 2.15. The minimum absolute atomic E-state index is 0.216. The van der Waals surface area contributed by atoms with E-state index < -0.39 is 19.9 Å². The Labute approximate surface area is 104 Å². The van der Waals surface area contributed by atoms with Crippen LogP contribution in [0.4, 0.5) is 13.2 Å². The summed E-state index contributed by atoms with van der Waals surface area (Å²) in [6.07, 6.45) is -4.35. The molecule has 0 heterocycles. The number of alkyl halides is 3. The van der Waals surface area contributed by atoms with Crippen LogP contribution in [0.1, 0.15) is 5.56 Å². The van der Waals surface area contributed by atoms with E-state index in [-0.39, 0.29) is 12.1 Å². The topological polar surface area (TPSA) is 49.7 Å². The van der Waals surface area contributed by atoms with Crippen LogP contribution in [0.3, 0.4) is 0 Å². The molecule has 1 aromatic carbocycles. The van der Waals surface area contributed by atoms with Crippen molar-refractivity contribution in [2.24, 2.45) is 0 Å². The van der Waals surface area contributed by atoms with Crippen LogP contribution in [0.5, 0.6) is 0 Å². The summed E-state index contributed by atoms with van der Waals surface area (Å²) in [6.45, 7) is 4.46. The van der Waals surface area contributed by atoms with Gasteiger partial charge in [0.25, 0.3) is 0 Å². The summed E-state index contributed by atoms with van der Waals surface area (Å²) in [4.78, 5) is 0. The molecule has 0 aliphatic rings. The van der Waals surface area contributed by atoms with Gasteiger partial charge in [-0.2, -0.15) is 13.2 Å². The van der Waals surface area contributed by atoms with E-state index in [9.17, 15) is 13.2 Å². The average molecular weight is 262 g/mol. The Balaban J connectivity index is 0.00000137. The van der Waals surface area contributed by atoms with Crippen molar-refractivity contribution in [3.8, 4) is 0 Å². The molecule has 0 aliphatic heterocycles. The molecule has 2 N–H and O–H groups in total. The number of ether oxygens (including phenoxy) is 1. The maximum atomic E-state index is 11.8. The smallest absolute Gasteiger partial charge is 0.423 e. The van der Waals surface area contributed by atoms with Crippen molar-refractivity contribution in [3.05, 3.63) is 43.0 Å². The van der Waals surface area contributed by atoms with Gasteiger partial charge in [0.2, 0.25) is 0 Å². The van der Waals surface area contributed by atoms with Gasteiger partial charge in [-0.25, -0.2) is 0 Å². The fourth-order valence-corrected chi connectivity index (χ4v) is 1.13. The minimum atomic E-state index is -4.35. The van der Waals surface area contributed by atoms with Crippen LogP contribution >= 0.6 is 0 Å². The summed E-state index contributed by atoms with van der Waals surface area (Å²) in [5.41, 5.74) is 0.669. The molecule has 0 atom stereocenters. The lowest BCUT2D eigenvalue weighted by Crippen LogP contribution is -2.30. The van der Waals surface area contributed by atoms with Gasteiger partial charge < -0.3 is 14.8 Å². The van der Waals surface area contributed by atoms with Gasteiger partial charge in [0, 0.05) is 0 Å². The van der Waals surface area contributed by atoms with Crippen LogP contribution in [-0.4, -0.2) is 29.9 Å². The maximum Gasteiger partial charge on any atom is 0.488 e. The van der Waals surface area contributed by atoms with E-state index in [0.29, 0.717) is 5.56 Å². The first kappa shape index (κ1) is 16.7. The zero-order valence-corrected chi connectivity index (χ0v) is 9.65. The zero-order valence-electron chi connectivity index (χ0n) is 9.65. The highest BCUT2D eigenvalue weighted by atomic mass is 19.4. The van der Waals surface area contributed by atoms with E-state index in [1.165, 1.54) is 18.2 Å². The molecule has 0 fully saturated rings. The zero-order chi connectivity index (χ0) is 14.2. The Bertz CT molecular complexity index is 356. The van der Waals surface area contributed by atoms with E-state index >= 15 is 0 Å². The second kappa shape index (κ2) is 7.91. The third-order valence-corrected chi connectivity index (χ3v) is 1.78. The monoisotopic (exact) mass is 262 g/mol. The molecule has 100 valence electrons. The molecule has 0 spiro atoms. The highest BCUT2D eigenvalue weighted by Gasteiger charge is 2.27.